The minimum atomic E-state index is -0.0584. The Hall–Kier alpha value is -2.69. The average molecular weight is 266 g/mol. The molecular formula is C15H14N4O. The van der Waals surface area contributed by atoms with Gasteiger partial charge in [0.25, 0.3) is 0 Å². The maximum absolute atomic E-state index is 11.8. The molecule has 1 N–H and O–H groups in total. The molecule has 3 aromatic rings. The standard InChI is InChI=1S/C15H14N4O/c1-16-15-11(5-4-8-17-15)10-19-13-7-3-2-6-12(13)14(20)9-18-19/h2-9H,10H2,1H3,(H,16,17). The first kappa shape index (κ1) is 12.3. The highest BCUT2D eigenvalue weighted by atomic mass is 16.1. The van der Waals surface area contributed by atoms with E-state index in [9.17, 15) is 4.79 Å². The van der Waals surface area contributed by atoms with E-state index in [1.165, 1.54) is 6.20 Å². The average Bonchev–Trinajstić information content (AvgIpc) is 2.51. The number of fused-ring (bicyclic) bond motifs is 1. The highest BCUT2D eigenvalue weighted by Gasteiger charge is 2.06. The smallest absolute Gasteiger partial charge is 0.207 e. The Morgan fingerprint density at radius 3 is 2.90 bits per heavy atom. The molecule has 0 aliphatic heterocycles. The van der Waals surface area contributed by atoms with E-state index in [4.69, 9.17) is 0 Å². The summed E-state index contributed by atoms with van der Waals surface area (Å²) in [4.78, 5) is 16.1. The minimum Gasteiger partial charge on any atom is -0.373 e. The van der Waals surface area contributed by atoms with Crippen LogP contribution in [0.3, 0.4) is 0 Å². The molecule has 0 saturated heterocycles. The second-order valence-electron chi connectivity index (χ2n) is 4.44. The van der Waals surface area contributed by atoms with Crippen molar-refractivity contribution in [2.75, 3.05) is 12.4 Å². The summed E-state index contributed by atoms with van der Waals surface area (Å²) in [5.74, 6) is 0.817. The predicted molar refractivity (Wildman–Crippen MR) is 78.9 cm³/mol. The van der Waals surface area contributed by atoms with E-state index in [1.54, 1.807) is 6.20 Å². The first-order valence-corrected chi connectivity index (χ1v) is 6.36. The van der Waals surface area contributed by atoms with Gasteiger partial charge in [-0.2, -0.15) is 5.10 Å². The molecule has 0 aliphatic rings. The number of para-hydroxylation sites is 1. The summed E-state index contributed by atoms with van der Waals surface area (Å²) in [7, 11) is 1.84. The lowest BCUT2D eigenvalue weighted by molar-refractivity contribution is 0.694. The van der Waals surface area contributed by atoms with Gasteiger partial charge in [-0.3, -0.25) is 9.48 Å². The maximum atomic E-state index is 11.8. The van der Waals surface area contributed by atoms with E-state index in [-0.39, 0.29) is 5.43 Å². The molecule has 0 fully saturated rings. The highest BCUT2D eigenvalue weighted by molar-refractivity contribution is 5.78. The summed E-state index contributed by atoms with van der Waals surface area (Å²) >= 11 is 0. The third kappa shape index (κ3) is 2.14. The number of hydrogen-bond donors (Lipinski definition) is 1. The number of benzene rings is 1. The first-order chi connectivity index (χ1) is 9.79. The summed E-state index contributed by atoms with van der Waals surface area (Å²) < 4.78 is 1.81. The van der Waals surface area contributed by atoms with E-state index in [0.717, 1.165) is 16.9 Å². The number of nitrogens with one attached hydrogen (secondary N) is 1. The van der Waals surface area contributed by atoms with Crippen molar-refractivity contribution in [3.05, 3.63) is 64.6 Å². The zero-order chi connectivity index (χ0) is 13.9. The summed E-state index contributed by atoms with van der Waals surface area (Å²) in [6.07, 6.45) is 3.10. The minimum absolute atomic E-state index is 0.0584. The van der Waals surface area contributed by atoms with Gasteiger partial charge in [0.15, 0.2) is 0 Å². The van der Waals surface area contributed by atoms with Gasteiger partial charge in [0.05, 0.1) is 18.3 Å². The summed E-state index contributed by atoms with van der Waals surface area (Å²) in [5.41, 5.74) is 1.79. The van der Waals surface area contributed by atoms with E-state index < -0.39 is 0 Å². The molecular weight excluding hydrogens is 252 g/mol. The van der Waals surface area contributed by atoms with Gasteiger partial charge in [-0.25, -0.2) is 4.98 Å². The fraction of sp³-hybridized carbons (Fsp3) is 0.133. The molecule has 20 heavy (non-hydrogen) atoms. The monoisotopic (exact) mass is 266 g/mol. The fourth-order valence-electron chi connectivity index (χ4n) is 2.24. The van der Waals surface area contributed by atoms with Crippen LogP contribution in [0.4, 0.5) is 5.82 Å². The molecule has 0 aliphatic carbocycles. The van der Waals surface area contributed by atoms with Crippen molar-refractivity contribution in [1.82, 2.24) is 14.8 Å². The molecule has 0 atom stereocenters. The van der Waals surface area contributed by atoms with Crippen molar-refractivity contribution in [2.45, 2.75) is 6.54 Å². The molecule has 1 aromatic carbocycles. The Morgan fingerprint density at radius 2 is 2.05 bits per heavy atom. The lowest BCUT2D eigenvalue weighted by Crippen LogP contribution is -2.14. The first-order valence-electron chi connectivity index (χ1n) is 6.36. The van der Waals surface area contributed by atoms with Crippen LogP contribution in [-0.4, -0.2) is 21.8 Å². The van der Waals surface area contributed by atoms with Gasteiger partial charge in [-0.05, 0) is 18.2 Å². The third-order valence-corrected chi connectivity index (χ3v) is 3.21. The van der Waals surface area contributed by atoms with Gasteiger partial charge in [-0.1, -0.05) is 18.2 Å². The number of pyridine rings is 1. The van der Waals surface area contributed by atoms with Crippen molar-refractivity contribution < 1.29 is 0 Å². The lowest BCUT2D eigenvalue weighted by Gasteiger charge is -2.11. The largest absolute Gasteiger partial charge is 0.373 e. The van der Waals surface area contributed by atoms with Crippen LogP contribution in [0.15, 0.2) is 53.6 Å². The van der Waals surface area contributed by atoms with E-state index in [1.807, 2.05) is 48.1 Å². The van der Waals surface area contributed by atoms with Crippen LogP contribution in [0, 0.1) is 0 Å². The van der Waals surface area contributed by atoms with Crippen molar-refractivity contribution in [2.24, 2.45) is 0 Å². The van der Waals surface area contributed by atoms with Crippen LogP contribution < -0.4 is 10.7 Å². The molecule has 100 valence electrons. The molecule has 5 heteroatoms. The molecule has 0 saturated carbocycles. The maximum Gasteiger partial charge on any atom is 0.207 e. The van der Waals surface area contributed by atoms with Crippen LogP contribution in [0.25, 0.3) is 10.9 Å². The Labute approximate surface area is 115 Å². The molecule has 0 unspecified atom stereocenters. The Bertz CT molecular complexity index is 810. The molecule has 0 amide bonds. The zero-order valence-electron chi connectivity index (χ0n) is 11.1. The van der Waals surface area contributed by atoms with E-state index in [0.29, 0.717) is 11.9 Å². The number of nitrogens with zero attached hydrogens (tertiary/aromatic N) is 3. The molecule has 5 nitrogen and oxygen atoms in total. The van der Waals surface area contributed by atoms with Gasteiger partial charge < -0.3 is 5.32 Å². The topological polar surface area (TPSA) is 59.8 Å². The second kappa shape index (κ2) is 5.13. The molecule has 2 aromatic heterocycles. The van der Waals surface area contributed by atoms with E-state index >= 15 is 0 Å². The fourth-order valence-corrected chi connectivity index (χ4v) is 2.24. The highest BCUT2D eigenvalue weighted by Crippen LogP contribution is 2.15. The molecule has 2 heterocycles. The van der Waals surface area contributed by atoms with Gasteiger partial charge in [0.1, 0.15) is 5.82 Å². The van der Waals surface area contributed by atoms with Crippen LogP contribution >= 0.6 is 0 Å². The van der Waals surface area contributed by atoms with Gasteiger partial charge in [0.2, 0.25) is 5.43 Å². The normalized spacial score (nSPS) is 10.7. The third-order valence-electron chi connectivity index (χ3n) is 3.21. The molecule has 0 spiro atoms. The van der Waals surface area contributed by atoms with Crippen LogP contribution in [0.2, 0.25) is 0 Å². The predicted octanol–water partition coefficient (Wildman–Crippen LogP) is 1.88. The Kier molecular flexibility index (Phi) is 3.16. The van der Waals surface area contributed by atoms with Crippen molar-refractivity contribution in [3.8, 4) is 0 Å². The van der Waals surface area contributed by atoms with Gasteiger partial charge in [0, 0.05) is 24.2 Å². The summed E-state index contributed by atoms with van der Waals surface area (Å²) in [5, 5.41) is 7.97. The van der Waals surface area contributed by atoms with E-state index in [2.05, 4.69) is 15.4 Å². The Morgan fingerprint density at radius 1 is 1.20 bits per heavy atom. The molecule has 0 bridgehead atoms. The van der Waals surface area contributed by atoms with Gasteiger partial charge >= 0.3 is 0 Å². The molecule has 0 radical (unpaired) electrons. The lowest BCUT2D eigenvalue weighted by atomic mass is 10.2. The summed E-state index contributed by atoms with van der Waals surface area (Å²) in [6, 6.07) is 11.4. The number of anilines is 1. The number of hydrogen-bond acceptors (Lipinski definition) is 4. The van der Waals surface area contributed by atoms with Crippen LogP contribution in [0.1, 0.15) is 5.56 Å². The number of aromatic nitrogens is 3. The van der Waals surface area contributed by atoms with Crippen molar-refractivity contribution in [3.63, 3.8) is 0 Å². The molecule has 3 rings (SSSR count). The summed E-state index contributed by atoms with van der Waals surface area (Å²) in [6.45, 7) is 0.560. The second-order valence-corrected chi connectivity index (χ2v) is 4.44. The van der Waals surface area contributed by atoms with Crippen molar-refractivity contribution in [1.29, 1.82) is 0 Å². The Balaban J connectivity index is 2.12. The van der Waals surface area contributed by atoms with Crippen molar-refractivity contribution >= 4 is 16.7 Å². The quantitative estimate of drug-likeness (QED) is 0.786. The zero-order valence-corrected chi connectivity index (χ0v) is 11.1. The van der Waals surface area contributed by atoms with Crippen LogP contribution in [0.5, 0.6) is 0 Å². The SMILES string of the molecule is CNc1ncccc1Cn1ncc(=O)c2ccccc21. The van der Waals surface area contributed by atoms with Crippen LogP contribution in [-0.2, 0) is 6.54 Å². The van der Waals surface area contributed by atoms with Gasteiger partial charge in [-0.15, -0.1) is 0 Å². The number of rotatable bonds is 3.